The summed E-state index contributed by atoms with van der Waals surface area (Å²) in [5.41, 5.74) is 2.19. The Bertz CT molecular complexity index is 1370. The number of esters is 1. The standard InChI is InChI=1S/C26H22N2O7S4/c29-18-6-8-33-13-16-11-25-24(32)28-22-17(12-26(28,37-39-38-36-25)23(31)27(25)21(16)18)14-34-9-7-19(22)35-20(30)10-15-4-2-1-3-5-15/h1-9,13-14,18-19,21-22,29H,10-12H2/t18-,19-,21-,22-,25+,26+/m0/s1. The van der Waals surface area contributed by atoms with E-state index in [4.69, 9.17) is 14.2 Å². The van der Waals surface area contributed by atoms with Crippen LogP contribution >= 0.6 is 41.2 Å². The normalized spacial score (nSPS) is 36.1. The van der Waals surface area contributed by atoms with Gasteiger partial charge in [-0.3, -0.25) is 14.4 Å². The number of amides is 2. The smallest absolute Gasteiger partial charge is 0.310 e. The van der Waals surface area contributed by atoms with Crippen molar-refractivity contribution in [1.82, 2.24) is 9.80 Å². The van der Waals surface area contributed by atoms with E-state index < -0.39 is 40.0 Å². The van der Waals surface area contributed by atoms with E-state index in [9.17, 15) is 19.5 Å². The van der Waals surface area contributed by atoms with Crippen LogP contribution in [0.5, 0.6) is 0 Å². The highest BCUT2D eigenvalue weighted by atomic mass is 33.7. The molecule has 2 spiro atoms. The predicted molar refractivity (Wildman–Crippen MR) is 149 cm³/mol. The van der Waals surface area contributed by atoms with Crippen molar-refractivity contribution in [3.63, 3.8) is 0 Å². The van der Waals surface area contributed by atoms with Crippen molar-refractivity contribution in [3.8, 4) is 0 Å². The number of piperazine rings is 1. The van der Waals surface area contributed by atoms with Crippen LogP contribution in [0.4, 0.5) is 0 Å². The number of ether oxygens (including phenoxy) is 3. The molecule has 0 unspecified atom stereocenters. The van der Waals surface area contributed by atoms with Crippen LogP contribution in [-0.2, 0) is 35.0 Å². The predicted octanol–water partition coefficient (Wildman–Crippen LogP) is 3.66. The van der Waals surface area contributed by atoms with Crippen molar-refractivity contribution < 1.29 is 33.7 Å². The lowest BCUT2D eigenvalue weighted by atomic mass is 10.0. The quantitative estimate of drug-likeness (QED) is 0.405. The number of aliphatic hydroxyl groups is 1. The molecule has 39 heavy (non-hydrogen) atoms. The molecule has 13 heteroatoms. The van der Waals surface area contributed by atoms with Crippen LogP contribution in [0.1, 0.15) is 18.4 Å². The van der Waals surface area contributed by atoms with Crippen molar-refractivity contribution in [2.24, 2.45) is 0 Å². The summed E-state index contributed by atoms with van der Waals surface area (Å²) in [5.74, 6) is -0.964. The fourth-order valence-electron chi connectivity index (χ4n) is 6.10. The zero-order valence-corrected chi connectivity index (χ0v) is 23.5. The second kappa shape index (κ2) is 9.58. The zero-order valence-electron chi connectivity index (χ0n) is 20.2. The first-order valence-electron chi connectivity index (χ1n) is 12.3. The molecule has 5 saturated heterocycles. The molecule has 8 rings (SSSR count). The molecule has 1 aromatic carbocycles. The van der Waals surface area contributed by atoms with Gasteiger partial charge < -0.3 is 29.1 Å². The minimum atomic E-state index is -1.29. The molecule has 9 nitrogen and oxygen atoms in total. The van der Waals surface area contributed by atoms with Gasteiger partial charge in [0.15, 0.2) is 9.74 Å². The summed E-state index contributed by atoms with van der Waals surface area (Å²) in [6, 6.07) is 7.86. The zero-order chi connectivity index (χ0) is 26.8. The van der Waals surface area contributed by atoms with E-state index in [-0.39, 0.29) is 31.1 Å². The number of fused-ring (bicyclic) bond motifs is 5. The number of hydrogen-bond acceptors (Lipinski definition) is 11. The van der Waals surface area contributed by atoms with E-state index in [2.05, 4.69) is 0 Å². The third-order valence-corrected chi connectivity index (χ3v) is 14.9. The number of aliphatic hydroxyl groups excluding tert-OH is 1. The van der Waals surface area contributed by atoms with E-state index in [1.54, 1.807) is 22.1 Å². The molecule has 0 saturated carbocycles. The fraction of sp³-hybridized carbons (Fsp3) is 0.346. The Labute approximate surface area is 239 Å². The molecule has 0 radical (unpaired) electrons. The van der Waals surface area contributed by atoms with E-state index in [0.29, 0.717) is 11.1 Å². The molecule has 6 atom stereocenters. The van der Waals surface area contributed by atoms with Crippen LogP contribution in [0.2, 0.25) is 0 Å². The molecule has 7 aliphatic rings. The maximum atomic E-state index is 14.7. The molecule has 1 aromatic rings. The second-order valence-electron chi connectivity index (χ2n) is 9.89. The van der Waals surface area contributed by atoms with E-state index in [1.807, 2.05) is 30.3 Å². The van der Waals surface area contributed by atoms with Gasteiger partial charge in [0.2, 0.25) is 0 Å². The van der Waals surface area contributed by atoms with Crippen molar-refractivity contribution in [3.05, 3.63) is 84.2 Å². The highest BCUT2D eigenvalue weighted by Gasteiger charge is 2.74. The minimum absolute atomic E-state index is 0.0753. The van der Waals surface area contributed by atoms with Gasteiger partial charge in [-0.2, -0.15) is 0 Å². The number of benzene rings is 1. The van der Waals surface area contributed by atoms with Crippen LogP contribution in [0, 0.1) is 0 Å². The van der Waals surface area contributed by atoms with Crippen LogP contribution < -0.4 is 0 Å². The summed E-state index contributed by atoms with van der Waals surface area (Å²) in [4.78, 5) is 42.9. The van der Waals surface area contributed by atoms with E-state index >= 15 is 0 Å². The Morgan fingerprint density at radius 3 is 2.18 bits per heavy atom. The SMILES string of the molecule is O=C(Cc1ccccc1)O[C@H]1C=COC=C2C[C@@]34SSSS[C@]5(CC6=COC=C[C@H](O)[C@H]6N5C3=O)C(=O)N4[C@@H]21. The van der Waals surface area contributed by atoms with Gasteiger partial charge in [-0.15, -0.1) is 0 Å². The van der Waals surface area contributed by atoms with Gasteiger partial charge in [-0.05, 0) is 70.1 Å². The highest BCUT2D eigenvalue weighted by Crippen LogP contribution is 2.69. The highest BCUT2D eigenvalue weighted by molar-refractivity contribution is 9.26. The summed E-state index contributed by atoms with van der Waals surface area (Å²) in [7, 11) is 5.52. The number of carbonyl (C=O) groups excluding carboxylic acids is 3. The minimum Gasteiger partial charge on any atom is -0.473 e. The van der Waals surface area contributed by atoms with Gasteiger partial charge in [-0.25, -0.2) is 0 Å². The maximum absolute atomic E-state index is 14.7. The van der Waals surface area contributed by atoms with Gasteiger partial charge in [0.05, 0.1) is 49.7 Å². The van der Waals surface area contributed by atoms with Crippen molar-refractivity contribution in [2.75, 3.05) is 0 Å². The van der Waals surface area contributed by atoms with Gasteiger partial charge in [0, 0.05) is 12.8 Å². The topological polar surface area (TPSA) is 106 Å². The monoisotopic (exact) mass is 602 g/mol. The molecule has 7 aliphatic heterocycles. The summed E-state index contributed by atoms with van der Waals surface area (Å²) >= 11 is 0. The van der Waals surface area contributed by atoms with Crippen molar-refractivity contribution >= 4 is 59.0 Å². The first kappa shape index (κ1) is 25.5. The molecule has 7 heterocycles. The second-order valence-corrected chi connectivity index (χ2v) is 16.1. The fourth-order valence-corrected chi connectivity index (χ4v) is 13.9. The third-order valence-electron chi connectivity index (χ3n) is 7.69. The van der Waals surface area contributed by atoms with Gasteiger partial charge >= 0.3 is 5.97 Å². The summed E-state index contributed by atoms with van der Waals surface area (Å²) in [6.45, 7) is 0. The number of nitrogens with zero attached hydrogens (tertiary/aromatic N) is 2. The first-order valence-corrected chi connectivity index (χ1v) is 17.1. The molecule has 2 bridgehead atoms. The summed E-state index contributed by atoms with van der Waals surface area (Å²) in [6.07, 6.45) is 7.67. The maximum Gasteiger partial charge on any atom is 0.310 e. The Kier molecular flexibility index (Phi) is 6.27. The third kappa shape index (κ3) is 3.80. The average molecular weight is 603 g/mol. The lowest BCUT2D eigenvalue weighted by Crippen LogP contribution is -2.74. The van der Waals surface area contributed by atoms with Crippen molar-refractivity contribution in [1.29, 1.82) is 0 Å². The van der Waals surface area contributed by atoms with E-state index in [1.165, 1.54) is 66.1 Å². The summed E-state index contributed by atoms with van der Waals surface area (Å²) in [5, 5.41) is 11.0. The molecular formula is C26H22N2O7S4. The number of rotatable bonds is 3. The average Bonchev–Trinajstić information content (AvgIpc) is 3.29. The molecule has 0 aliphatic carbocycles. The van der Waals surface area contributed by atoms with Crippen LogP contribution in [0.15, 0.2) is 78.7 Å². The number of hydrogen-bond donors (Lipinski definition) is 1. The summed E-state index contributed by atoms with van der Waals surface area (Å²) < 4.78 is 17.0. The Morgan fingerprint density at radius 2 is 1.51 bits per heavy atom. The van der Waals surface area contributed by atoms with Gasteiger partial charge in [0.1, 0.15) is 6.10 Å². The molecule has 5 fully saturated rings. The Balaban J connectivity index is 1.29. The lowest BCUT2D eigenvalue weighted by Gasteiger charge is -2.54. The van der Waals surface area contributed by atoms with Crippen LogP contribution in [0.3, 0.4) is 0 Å². The molecule has 1 N–H and O–H groups in total. The Hall–Kier alpha value is -2.45. The van der Waals surface area contributed by atoms with E-state index in [0.717, 1.165) is 5.56 Å². The van der Waals surface area contributed by atoms with Gasteiger partial charge in [0.25, 0.3) is 11.8 Å². The van der Waals surface area contributed by atoms with Crippen LogP contribution in [0.25, 0.3) is 0 Å². The Morgan fingerprint density at radius 1 is 0.923 bits per heavy atom. The van der Waals surface area contributed by atoms with Crippen molar-refractivity contribution in [2.45, 2.75) is 53.3 Å². The number of carbonyl (C=O) groups is 3. The molecule has 2 amide bonds. The lowest BCUT2D eigenvalue weighted by molar-refractivity contribution is -0.169. The van der Waals surface area contributed by atoms with Crippen LogP contribution in [-0.4, -0.2) is 66.7 Å². The first-order chi connectivity index (χ1) is 18.9. The molecule has 202 valence electrons. The molecule has 0 aromatic heterocycles. The molecular weight excluding hydrogens is 581 g/mol. The largest absolute Gasteiger partial charge is 0.473 e. The van der Waals surface area contributed by atoms with Gasteiger partial charge in [-0.1, -0.05) is 30.3 Å².